The van der Waals surface area contributed by atoms with E-state index in [1.165, 1.54) is 30.3 Å². The first-order valence-electron chi connectivity index (χ1n) is 6.12. The van der Waals surface area contributed by atoms with Crippen molar-refractivity contribution in [2.75, 3.05) is 0 Å². The highest BCUT2D eigenvalue weighted by Gasteiger charge is 2.17. The molecule has 2 aromatic rings. The largest absolute Gasteiger partial charge is 0.504 e. The minimum Gasteiger partial charge on any atom is -0.504 e. The van der Waals surface area contributed by atoms with Gasteiger partial charge in [0.25, 0.3) is 5.69 Å². The predicted octanol–water partition coefficient (Wildman–Crippen LogP) is 2.13. The molecule has 0 unspecified atom stereocenters. The van der Waals surface area contributed by atoms with Crippen LogP contribution in [0.4, 0.5) is 5.69 Å². The molecule has 2 aromatic carbocycles. The lowest BCUT2D eigenvalue weighted by atomic mass is 10.0. The molecule has 0 atom stereocenters. The molecule has 0 aliphatic heterocycles. The fraction of sp³-hybridized carbons (Fsp3) is 0.0714. The van der Waals surface area contributed by atoms with Gasteiger partial charge in [0.1, 0.15) is 0 Å². The monoisotopic (exact) mass is 304 g/mol. The van der Waals surface area contributed by atoms with Crippen LogP contribution in [-0.4, -0.2) is 31.2 Å². The Labute approximate surface area is 124 Å². The topological polar surface area (TPSA) is 136 Å². The molecule has 8 nitrogen and oxygen atoms in total. The Bertz CT molecular complexity index is 740. The van der Waals surface area contributed by atoms with E-state index in [1.54, 1.807) is 0 Å². The molecule has 0 radical (unpaired) electrons. The van der Waals surface area contributed by atoms with E-state index in [-0.39, 0.29) is 23.4 Å². The van der Waals surface area contributed by atoms with E-state index in [0.29, 0.717) is 5.56 Å². The maximum atomic E-state index is 10.6. The molecule has 8 heteroatoms. The van der Waals surface area contributed by atoms with Crippen LogP contribution in [0, 0.1) is 10.1 Å². The Morgan fingerprint density at radius 1 is 1.05 bits per heavy atom. The van der Waals surface area contributed by atoms with E-state index < -0.39 is 22.2 Å². The average molecular weight is 304 g/mol. The van der Waals surface area contributed by atoms with Crippen molar-refractivity contribution in [1.82, 2.24) is 0 Å². The van der Waals surface area contributed by atoms with Crippen molar-refractivity contribution in [3.63, 3.8) is 0 Å². The molecule has 0 aliphatic carbocycles. The lowest BCUT2D eigenvalue weighted by Gasteiger charge is -2.09. The fourth-order valence-corrected chi connectivity index (χ4v) is 1.92. The van der Waals surface area contributed by atoms with Gasteiger partial charge in [0, 0.05) is 24.1 Å². The maximum absolute atomic E-state index is 10.6. The van der Waals surface area contributed by atoms with E-state index >= 15 is 0 Å². The fourth-order valence-electron chi connectivity index (χ4n) is 1.92. The Kier molecular flexibility index (Phi) is 4.12. The molecule has 4 N–H and O–H groups in total. The number of phenols is 3. The summed E-state index contributed by atoms with van der Waals surface area (Å²) in [5.41, 5.74) is 0.597. The van der Waals surface area contributed by atoms with Crippen LogP contribution >= 0.6 is 0 Å². The lowest BCUT2D eigenvalue weighted by Crippen LogP contribution is -2.06. The number of nitrogens with zero attached hydrogens (tertiary/aromatic N) is 2. The third-order valence-electron chi connectivity index (χ3n) is 3.08. The molecule has 0 saturated carbocycles. The number of hydrogen-bond donors (Lipinski definition) is 4. The number of rotatable bonds is 4. The average Bonchev–Trinajstić information content (AvgIpc) is 2.51. The van der Waals surface area contributed by atoms with Gasteiger partial charge >= 0.3 is 0 Å². The molecule has 0 spiro atoms. The standard InChI is InChI=1S/C14H12N2O6/c17-12-6-5-10(13(18)14(12)19)11(15-20)7-8-1-3-9(4-2-8)16(21)22/h1-6,17-20H,7H2/b15-11+. The summed E-state index contributed by atoms with van der Waals surface area (Å²) >= 11 is 0. The maximum Gasteiger partial charge on any atom is 0.269 e. The van der Waals surface area contributed by atoms with Crippen LogP contribution in [0.5, 0.6) is 17.2 Å². The zero-order valence-corrected chi connectivity index (χ0v) is 11.2. The summed E-state index contributed by atoms with van der Waals surface area (Å²) in [6.45, 7) is 0. The van der Waals surface area contributed by atoms with Crippen molar-refractivity contribution in [3.05, 3.63) is 57.6 Å². The van der Waals surface area contributed by atoms with E-state index in [2.05, 4.69) is 5.16 Å². The quantitative estimate of drug-likeness (QED) is 0.224. The number of oxime groups is 1. The van der Waals surface area contributed by atoms with Crippen molar-refractivity contribution >= 4 is 11.4 Å². The molecule has 22 heavy (non-hydrogen) atoms. The summed E-state index contributed by atoms with van der Waals surface area (Å²) in [7, 11) is 0. The molecule has 0 heterocycles. The molecule has 114 valence electrons. The van der Waals surface area contributed by atoms with E-state index in [9.17, 15) is 25.4 Å². The van der Waals surface area contributed by atoms with E-state index in [0.717, 1.165) is 6.07 Å². The lowest BCUT2D eigenvalue weighted by molar-refractivity contribution is -0.384. The van der Waals surface area contributed by atoms with Gasteiger partial charge in [-0.05, 0) is 17.7 Å². The van der Waals surface area contributed by atoms with Gasteiger partial charge in [-0.1, -0.05) is 17.3 Å². The second-order valence-corrected chi connectivity index (χ2v) is 4.48. The van der Waals surface area contributed by atoms with Gasteiger partial charge in [-0.2, -0.15) is 0 Å². The summed E-state index contributed by atoms with van der Waals surface area (Å²) < 4.78 is 0. The number of hydrogen-bond acceptors (Lipinski definition) is 7. The number of benzene rings is 2. The van der Waals surface area contributed by atoms with Crippen LogP contribution in [0.25, 0.3) is 0 Å². The first-order chi connectivity index (χ1) is 10.4. The van der Waals surface area contributed by atoms with Gasteiger partial charge in [0.05, 0.1) is 10.6 Å². The Morgan fingerprint density at radius 2 is 1.68 bits per heavy atom. The minimum absolute atomic E-state index is 0.0293. The molecule has 2 rings (SSSR count). The molecule has 0 saturated heterocycles. The SMILES string of the molecule is O=[N+]([O-])c1ccc(C/C(=N\O)c2ccc(O)c(O)c2O)cc1. The number of nitro benzene ring substituents is 1. The van der Waals surface area contributed by atoms with Crippen LogP contribution in [0.3, 0.4) is 0 Å². The Morgan fingerprint density at radius 3 is 2.23 bits per heavy atom. The smallest absolute Gasteiger partial charge is 0.269 e. The first kappa shape index (κ1) is 15.1. The predicted molar refractivity (Wildman–Crippen MR) is 76.6 cm³/mol. The highest BCUT2D eigenvalue weighted by Crippen LogP contribution is 2.37. The highest BCUT2D eigenvalue weighted by atomic mass is 16.6. The number of aromatic hydroxyl groups is 3. The van der Waals surface area contributed by atoms with E-state index in [4.69, 9.17) is 5.21 Å². The van der Waals surface area contributed by atoms with Crippen molar-refractivity contribution in [2.24, 2.45) is 5.16 Å². The van der Waals surface area contributed by atoms with Gasteiger partial charge in [0.15, 0.2) is 11.5 Å². The van der Waals surface area contributed by atoms with Crippen LogP contribution in [-0.2, 0) is 6.42 Å². The zero-order valence-electron chi connectivity index (χ0n) is 11.2. The third kappa shape index (κ3) is 2.90. The van der Waals surface area contributed by atoms with Gasteiger partial charge in [-0.3, -0.25) is 10.1 Å². The first-order valence-corrected chi connectivity index (χ1v) is 6.12. The normalized spacial score (nSPS) is 11.4. The van der Waals surface area contributed by atoms with Crippen molar-refractivity contribution < 1.29 is 25.5 Å². The molecule has 0 amide bonds. The second kappa shape index (κ2) is 6.00. The summed E-state index contributed by atoms with van der Waals surface area (Å²) in [6.07, 6.45) is 0.0618. The van der Waals surface area contributed by atoms with Crippen LogP contribution in [0.2, 0.25) is 0 Å². The van der Waals surface area contributed by atoms with Gasteiger partial charge in [0.2, 0.25) is 5.75 Å². The molecular formula is C14H12N2O6. The zero-order chi connectivity index (χ0) is 16.3. The summed E-state index contributed by atoms with van der Waals surface area (Å²) in [5.74, 6) is -1.84. The minimum atomic E-state index is -0.720. The van der Waals surface area contributed by atoms with Crippen molar-refractivity contribution in [3.8, 4) is 17.2 Å². The molecule has 0 aliphatic rings. The summed E-state index contributed by atoms with van der Waals surface area (Å²) in [6, 6.07) is 8.01. The van der Waals surface area contributed by atoms with E-state index in [1.807, 2.05) is 0 Å². The second-order valence-electron chi connectivity index (χ2n) is 4.48. The number of non-ortho nitro benzene ring substituents is 1. The van der Waals surface area contributed by atoms with Crippen LogP contribution in [0.15, 0.2) is 41.6 Å². The molecule has 0 bridgehead atoms. The Hall–Kier alpha value is -3.29. The van der Waals surface area contributed by atoms with Gasteiger partial charge in [-0.25, -0.2) is 0 Å². The van der Waals surface area contributed by atoms with Crippen molar-refractivity contribution in [2.45, 2.75) is 6.42 Å². The van der Waals surface area contributed by atoms with Crippen LogP contribution < -0.4 is 0 Å². The highest BCUT2D eigenvalue weighted by molar-refractivity contribution is 6.04. The summed E-state index contributed by atoms with van der Waals surface area (Å²) in [4.78, 5) is 10.1. The number of phenolic OH excluding ortho intramolecular Hbond substituents is 3. The molecular weight excluding hydrogens is 292 g/mol. The van der Waals surface area contributed by atoms with Crippen molar-refractivity contribution in [1.29, 1.82) is 0 Å². The van der Waals surface area contributed by atoms with Crippen LogP contribution in [0.1, 0.15) is 11.1 Å². The molecule has 0 aromatic heterocycles. The number of nitro groups is 1. The van der Waals surface area contributed by atoms with Gasteiger partial charge < -0.3 is 20.5 Å². The Balaban J connectivity index is 2.31. The third-order valence-corrected chi connectivity index (χ3v) is 3.08. The van der Waals surface area contributed by atoms with Gasteiger partial charge in [-0.15, -0.1) is 0 Å². The summed E-state index contributed by atoms with van der Waals surface area (Å²) in [5, 5.41) is 51.3. The molecule has 0 fully saturated rings.